The van der Waals surface area contributed by atoms with Gasteiger partial charge in [0.2, 0.25) is 0 Å². The van der Waals surface area contributed by atoms with Gasteiger partial charge in [-0.25, -0.2) is 9.78 Å². The Morgan fingerprint density at radius 2 is 2.44 bits per heavy atom. The van der Waals surface area contributed by atoms with Gasteiger partial charge in [-0.05, 0) is 0 Å². The molecule has 1 aliphatic heterocycles. The normalized spacial score (nSPS) is 20.8. The van der Waals surface area contributed by atoms with Crippen molar-refractivity contribution in [3.8, 4) is 0 Å². The Kier molecular flexibility index (Phi) is 3.50. The van der Waals surface area contributed by atoms with Gasteiger partial charge in [0, 0.05) is 18.1 Å². The molecule has 1 aromatic heterocycles. The molecular weight excluding hydrogens is 250 g/mol. The lowest BCUT2D eigenvalue weighted by atomic mass is 10.3. The molecule has 7 heteroatoms. The summed E-state index contributed by atoms with van der Waals surface area (Å²) in [6, 6.07) is -0.550. The summed E-state index contributed by atoms with van der Waals surface area (Å²) in [6.45, 7) is 0.649. The molecule has 1 unspecified atom stereocenters. The second-order valence-corrected chi connectivity index (χ2v) is 4.86. The summed E-state index contributed by atoms with van der Waals surface area (Å²) in [6.07, 6.45) is 2.97. The van der Waals surface area contributed by atoms with Crippen molar-refractivity contribution in [3.63, 3.8) is 0 Å². The van der Waals surface area contributed by atoms with Gasteiger partial charge in [0.15, 0.2) is 0 Å². The topological polar surface area (TPSA) is 66.3 Å². The summed E-state index contributed by atoms with van der Waals surface area (Å²) in [5, 5.41) is 9.38. The van der Waals surface area contributed by atoms with Crippen LogP contribution < -0.4 is 4.90 Å². The van der Waals surface area contributed by atoms with Crippen molar-refractivity contribution in [1.29, 1.82) is 0 Å². The second kappa shape index (κ2) is 4.88. The first kappa shape index (κ1) is 11.5. The minimum absolute atomic E-state index is 0.278. The van der Waals surface area contributed by atoms with E-state index < -0.39 is 12.0 Å². The van der Waals surface area contributed by atoms with Gasteiger partial charge in [-0.3, -0.25) is 4.98 Å². The lowest BCUT2D eigenvalue weighted by molar-refractivity contribution is -0.138. The van der Waals surface area contributed by atoms with E-state index in [9.17, 15) is 4.79 Å². The van der Waals surface area contributed by atoms with E-state index in [0.29, 0.717) is 18.1 Å². The largest absolute Gasteiger partial charge is 0.480 e. The summed E-state index contributed by atoms with van der Waals surface area (Å²) in [5.74, 6) is 1.13. The van der Waals surface area contributed by atoms with Gasteiger partial charge >= 0.3 is 5.97 Å². The first-order valence-electron chi connectivity index (χ1n) is 4.73. The molecule has 0 radical (unpaired) electrons. The minimum atomic E-state index is -0.839. The number of aliphatic carboxylic acids is 1. The summed E-state index contributed by atoms with van der Waals surface area (Å²) in [7, 11) is 0. The third-order valence-corrected chi connectivity index (χ3v) is 3.51. The van der Waals surface area contributed by atoms with E-state index in [-0.39, 0.29) is 5.15 Å². The molecule has 0 aliphatic carbocycles. The van der Waals surface area contributed by atoms with Crippen LogP contribution in [0, 0.1) is 0 Å². The number of halogens is 1. The highest BCUT2D eigenvalue weighted by Gasteiger charge is 2.29. The summed E-state index contributed by atoms with van der Waals surface area (Å²) in [4.78, 5) is 20.8. The molecule has 86 valence electrons. The maximum Gasteiger partial charge on any atom is 0.327 e. The van der Waals surface area contributed by atoms with E-state index >= 15 is 0 Å². The van der Waals surface area contributed by atoms with Gasteiger partial charge in [0.1, 0.15) is 17.0 Å². The maximum atomic E-state index is 11.1. The van der Waals surface area contributed by atoms with Crippen LogP contribution in [0.1, 0.15) is 0 Å². The van der Waals surface area contributed by atoms with Gasteiger partial charge in [0.25, 0.3) is 0 Å². The van der Waals surface area contributed by atoms with Crippen LogP contribution >= 0.6 is 23.4 Å². The van der Waals surface area contributed by atoms with Crippen LogP contribution in [-0.2, 0) is 4.79 Å². The molecule has 2 heterocycles. The molecule has 1 aliphatic rings. The van der Waals surface area contributed by atoms with Crippen molar-refractivity contribution in [3.05, 3.63) is 17.5 Å². The van der Waals surface area contributed by atoms with Crippen LogP contribution in [0.4, 0.5) is 5.82 Å². The quantitative estimate of drug-likeness (QED) is 0.859. The van der Waals surface area contributed by atoms with E-state index in [1.54, 1.807) is 16.7 Å². The number of carbonyl (C=O) groups is 1. The molecule has 5 nitrogen and oxygen atoms in total. The van der Waals surface area contributed by atoms with Gasteiger partial charge in [-0.15, -0.1) is 0 Å². The number of rotatable bonds is 2. The lowest BCUT2D eigenvalue weighted by Gasteiger charge is -2.33. The van der Waals surface area contributed by atoms with Crippen molar-refractivity contribution >= 4 is 35.1 Å². The smallest absolute Gasteiger partial charge is 0.327 e. The fourth-order valence-corrected chi connectivity index (χ4v) is 2.73. The van der Waals surface area contributed by atoms with Gasteiger partial charge < -0.3 is 10.0 Å². The molecule has 16 heavy (non-hydrogen) atoms. The molecular formula is C9H10ClN3O2S. The highest BCUT2D eigenvalue weighted by Crippen LogP contribution is 2.22. The molecule has 0 amide bonds. The number of carboxylic acid groups (broad SMARTS) is 1. The zero-order chi connectivity index (χ0) is 11.5. The molecule has 0 aromatic carbocycles. The van der Waals surface area contributed by atoms with Gasteiger partial charge in [-0.1, -0.05) is 11.6 Å². The number of hydrogen-bond donors (Lipinski definition) is 1. The standard InChI is InChI=1S/C9H10ClN3O2S/c10-7-3-11-4-8(12-7)13-1-2-16-5-6(13)9(14)15/h3-4,6H,1-2,5H2,(H,14,15). The Morgan fingerprint density at radius 1 is 1.62 bits per heavy atom. The van der Waals surface area contributed by atoms with Crippen LogP contribution in [0.25, 0.3) is 0 Å². The molecule has 0 saturated carbocycles. The van der Waals surface area contributed by atoms with E-state index in [2.05, 4.69) is 9.97 Å². The predicted octanol–water partition coefficient (Wildman–Crippen LogP) is 1.14. The summed E-state index contributed by atoms with van der Waals surface area (Å²) in [5.41, 5.74) is 0. The van der Waals surface area contributed by atoms with E-state index in [1.165, 1.54) is 12.4 Å². The monoisotopic (exact) mass is 259 g/mol. The third kappa shape index (κ3) is 2.38. The molecule has 1 N–H and O–H groups in total. The Hall–Kier alpha value is -1.01. The van der Waals surface area contributed by atoms with Crippen molar-refractivity contribution < 1.29 is 9.90 Å². The Labute approximate surface area is 102 Å². The second-order valence-electron chi connectivity index (χ2n) is 3.32. The van der Waals surface area contributed by atoms with Crippen LogP contribution in [0.2, 0.25) is 5.15 Å². The van der Waals surface area contributed by atoms with Crippen molar-refractivity contribution in [2.75, 3.05) is 23.0 Å². The Morgan fingerprint density at radius 3 is 3.12 bits per heavy atom. The molecule has 1 aromatic rings. The molecule has 0 spiro atoms. The number of nitrogens with zero attached hydrogens (tertiary/aromatic N) is 3. The van der Waals surface area contributed by atoms with Crippen molar-refractivity contribution in [2.24, 2.45) is 0 Å². The predicted molar refractivity (Wildman–Crippen MR) is 63.1 cm³/mol. The number of aromatic nitrogens is 2. The Balaban J connectivity index is 2.26. The third-order valence-electron chi connectivity index (χ3n) is 2.30. The highest BCUT2D eigenvalue weighted by atomic mass is 35.5. The Bertz CT molecular complexity index is 404. The maximum absolute atomic E-state index is 11.1. The molecule has 1 fully saturated rings. The zero-order valence-corrected chi connectivity index (χ0v) is 9.91. The molecule has 2 rings (SSSR count). The summed E-state index contributed by atoms with van der Waals surface area (Å²) < 4.78 is 0. The van der Waals surface area contributed by atoms with Crippen molar-refractivity contribution in [1.82, 2.24) is 9.97 Å². The highest BCUT2D eigenvalue weighted by molar-refractivity contribution is 7.99. The fourth-order valence-electron chi connectivity index (χ4n) is 1.55. The molecule has 0 bridgehead atoms. The molecule has 1 atom stereocenters. The van der Waals surface area contributed by atoms with Crippen LogP contribution in [0.5, 0.6) is 0 Å². The van der Waals surface area contributed by atoms with Gasteiger partial charge in [0.05, 0.1) is 12.4 Å². The number of anilines is 1. The van der Waals surface area contributed by atoms with Crippen LogP contribution in [0.3, 0.4) is 0 Å². The zero-order valence-electron chi connectivity index (χ0n) is 8.34. The van der Waals surface area contributed by atoms with E-state index in [1.807, 2.05) is 0 Å². The molecule has 1 saturated heterocycles. The first-order valence-corrected chi connectivity index (χ1v) is 6.26. The minimum Gasteiger partial charge on any atom is -0.480 e. The fraction of sp³-hybridized carbons (Fsp3) is 0.444. The van der Waals surface area contributed by atoms with Crippen molar-refractivity contribution in [2.45, 2.75) is 6.04 Å². The van der Waals surface area contributed by atoms with E-state index in [0.717, 1.165) is 5.75 Å². The van der Waals surface area contributed by atoms with Crippen LogP contribution in [0.15, 0.2) is 12.4 Å². The van der Waals surface area contributed by atoms with Gasteiger partial charge in [-0.2, -0.15) is 11.8 Å². The SMILES string of the molecule is O=C(O)C1CSCCN1c1cncc(Cl)n1. The van der Waals surface area contributed by atoms with Crippen LogP contribution in [-0.4, -0.2) is 45.1 Å². The lowest BCUT2D eigenvalue weighted by Crippen LogP contribution is -2.47. The number of carboxylic acids is 1. The van der Waals surface area contributed by atoms with E-state index in [4.69, 9.17) is 16.7 Å². The number of thioether (sulfide) groups is 1. The first-order chi connectivity index (χ1) is 7.68. The average Bonchev–Trinajstić information content (AvgIpc) is 2.29. The average molecular weight is 260 g/mol. The number of hydrogen-bond acceptors (Lipinski definition) is 5. The summed E-state index contributed by atoms with van der Waals surface area (Å²) >= 11 is 7.37.